The summed E-state index contributed by atoms with van der Waals surface area (Å²) in [6.45, 7) is 3.64. The predicted octanol–water partition coefficient (Wildman–Crippen LogP) is 2.66. The number of fused-ring (bicyclic) bond motifs is 3. The van der Waals surface area contributed by atoms with Crippen LogP contribution in [0.5, 0.6) is 0 Å². The van der Waals surface area contributed by atoms with Crippen LogP contribution in [0.3, 0.4) is 0 Å². The van der Waals surface area contributed by atoms with Gasteiger partial charge in [0.05, 0.1) is 18.8 Å². The zero-order chi connectivity index (χ0) is 25.4. The monoisotopic (exact) mass is 484 g/mol. The first-order valence-electron chi connectivity index (χ1n) is 11.6. The van der Waals surface area contributed by atoms with Gasteiger partial charge in [-0.25, -0.2) is 4.79 Å². The fourth-order valence-electron chi connectivity index (χ4n) is 4.12. The first kappa shape index (κ1) is 26.2. The van der Waals surface area contributed by atoms with Gasteiger partial charge in [-0.1, -0.05) is 48.5 Å². The Morgan fingerprint density at radius 1 is 1.03 bits per heavy atom. The van der Waals surface area contributed by atoms with Crippen molar-refractivity contribution in [1.29, 1.82) is 0 Å². The second-order valence-corrected chi connectivity index (χ2v) is 9.00. The Hall–Kier alpha value is -3.43. The summed E-state index contributed by atoms with van der Waals surface area (Å²) in [5.74, 6) is -1.76. The van der Waals surface area contributed by atoms with Crippen LogP contribution in [-0.2, 0) is 19.1 Å². The van der Waals surface area contributed by atoms with Gasteiger partial charge in [0.25, 0.3) is 0 Å². The first-order chi connectivity index (χ1) is 16.7. The molecule has 3 rings (SSSR count). The third-order valence-corrected chi connectivity index (χ3v) is 5.87. The van der Waals surface area contributed by atoms with Crippen LogP contribution in [0.15, 0.2) is 48.5 Å². The standard InChI is InChI=1S/C26H32N2O7/c1-26(2,35-14-13-29)16-27-24(32)22(11-12-23(30)31)28-25(33)34-15-21-19-9-5-3-7-17(19)18-8-4-6-10-20(18)21/h3-10,21-22,29H,11-16H2,1-2H3,(H,27,32)(H,28,33)(H,30,31). The summed E-state index contributed by atoms with van der Waals surface area (Å²) >= 11 is 0. The fraction of sp³-hybridized carbons (Fsp3) is 0.423. The third kappa shape index (κ3) is 7.03. The molecule has 188 valence electrons. The number of carbonyl (C=O) groups is 3. The van der Waals surface area contributed by atoms with E-state index in [-0.39, 0.29) is 45.1 Å². The van der Waals surface area contributed by atoms with E-state index >= 15 is 0 Å². The number of aliphatic hydroxyl groups excluding tert-OH is 1. The van der Waals surface area contributed by atoms with Gasteiger partial charge >= 0.3 is 12.1 Å². The van der Waals surface area contributed by atoms with Crippen LogP contribution in [0.2, 0.25) is 0 Å². The first-order valence-corrected chi connectivity index (χ1v) is 11.6. The lowest BCUT2D eigenvalue weighted by atomic mass is 9.98. The molecule has 1 aliphatic carbocycles. The summed E-state index contributed by atoms with van der Waals surface area (Å²) in [5, 5.41) is 23.2. The zero-order valence-corrected chi connectivity index (χ0v) is 20.0. The summed E-state index contributed by atoms with van der Waals surface area (Å²) in [5.41, 5.74) is 3.57. The Morgan fingerprint density at radius 2 is 1.63 bits per heavy atom. The van der Waals surface area contributed by atoms with Crippen molar-refractivity contribution in [3.8, 4) is 11.1 Å². The maximum atomic E-state index is 12.7. The molecule has 0 heterocycles. The Bertz CT molecular complexity index is 1010. The van der Waals surface area contributed by atoms with Crippen molar-refractivity contribution in [2.24, 2.45) is 0 Å². The van der Waals surface area contributed by atoms with Gasteiger partial charge in [-0.2, -0.15) is 0 Å². The van der Waals surface area contributed by atoms with Crippen molar-refractivity contribution in [1.82, 2.24) is 10.6 Å². The smallest absolute Gasteiger partial charge is 0.407 e. The van der Waals surface area contributed by atoms with E-state index in [1.807, 2.05) is 48.5 Å². The number of rotatable bonds is 12. The molecule has 0 saturated heterocycles. The number of benzene rings is 2. The van der Waals surface area contributed by atoms with E-state index in [2.05, 4.69) is 10.6 Å². The summed E-state index contributed by atoms with van der Waals surface area (Å²) < 4.78 is 11.0. The van der Waals surface area contributed by atoms with Crippen molar-refractivity contribution in [2.75, 3.05) is 26.4 Å². The molecule has 1 aliphatic rings. The van der Waals surface area contributed by atoms with Gasteiger partial charge in [0.1, 0.15) is 12.6 Å². The zero-order valence-electron chi connectivity index (χ0n) is 20.0. The molecule has 9 heteroatoms. The molecule has 9 nitrogen and oxygen atoms in total. The second-order valence-electron chi connectivity index (χ2n) is 9.00. The molecule has 0 saturated carbocycles. The maximum Gasteiger partial charge on any atom is 0.407 e. The number of aliphatic carboxylic acids is 1. The molecule has 1 unspecified atom stereocenters. The lowest BCUT2D eigenvalue weighted by Gasteiger charge is -2.26. The summed E-state index contributed by atoms with van der Waals surface area (Å²) in [6.07, 6.45) is -1.19. The minimum absolute atomic E-state index is 0.0785. The van der Waals surface area contributed by atoms with Crippen LogP contribution in [0, 0.1) is 0 Å². The van der Waals surface area contributed by atoms with Gasteiger partial charge in [-0.05, 0) is 42.5 Å². The molecule has 1 atom stereocenters. The summed E-state index contributed by atoms with van der Waals surface area (Å²) in [6, 6.07) is 14.8. The van der Waals surface area contributed by atoms with E-state index in [9.17, 15) is 14.4 Å². The molecule has 4 N–H and O–H groups in total. The average Bonchev–Trinajstić information content (AvgIpc) is 3.16. The largest absolute Gasteiger partial charge is 0.481 e. The van der Waals surface area contributed by atoms with Crippen LogP contribution in [0.25, 0.3) is 11.1 Å². The van der Waals surface area contributed by atoms with Crippen molar-refractivity contribution < 1.29 is 34.1 Å². The van der Waals surface area contributed by atoms with E-state index in [0.717, 1.165) is 22.3 Å². The average molecular weight is 485 g/mol. The van der Waals surface area contributed by atoms with Crippen molar-refractivity contribution in [3.05, 3.63) is 59.7 Å². The Labute approximate surface area is 204 Å². The minimum atomic E-state index is -1.09. The normalized spacial score (nSPS) is 13.5. The molecular weight excluding hydrogens is 452 g/mol. The number of carbonyl (C=O) groups excluding carboxylic acids is 2. The van der Waals surface area contributed by atoms with Gasteiger partial charge in [-0.15, -0.1) is 0 Å². The molecule has 0 aromatic heterocycles. The number of nitrogens with one attached hydrogen (secondary N) is 2. The van der Waals surface area contributed by atoms with E-state index in [1.54, 1.807) is 13.8 Å². The molecule has 2 aromatic carbocycles. The number of carboxylic acids is 1. The highest BCUT2D eigenvalue weighted by Gasteiger charge is 2.30. The topological polar surface area (TPSA) is 134 Å². The molecule has 0 aliphatic heterocycles. The molecule has 0 spiro atoms. The van der Waals surface area contributed by atoms with Crippen LogP contribution in [0.1, 0.15) is 43.7 Å². The lowest BCUT2D eigenvalue weighted by molar-refractivity contribution is -0.137. The number of hydrogen-bond acceptors (Lipinski definition) is 6. The number of alkyl carbamates (subject to hydrolysis) is 1. The van der Waals surface area contributed by atoms with Gasteiger partial charge in [-0.3, -0.25) is 9.59 Å². The van der Waals surface area contributed by atoms with Crippen molar-refractivity contribution in [2.45, 2.75) is 44.2 Å². The molecule has 0 fully saturated rings. The predicted molar refractivity (Wildman–Crippen MR) is 129 cm³/mol. The lowest BCUT2D eigenvalue weighted by Crippen LogP contribution is -2.50. The number of hydrogen-bond donors (Lipinski definition) is 4. The Balaban J connectivity index is 1.61. The van der Waals surface area contributed by atoms with Gasteiger partial charge in [0.15, 0.2) is 0 Å². The Kier molecular flexibility index (Phi) is 8.84. The molecule has 35 heavy (non-hydrogen) atoms. The quantitative estimate of drug-likeness (QED) is 0.364. The highest BCUT2D eigenvalue weighted by atomic mass is 16.5. The molecule has 2 aromatic rings. The number of carboxylic acid groups (broad SMARTS) is 1. The van der Waals surface area contributed by atoms with Crippen LogP contribution in [-0.4, -0.2) is 66.2 Å². The molecule has 2 amide bonds. The SMILES string of the molecule is CC(C)(CNC(=O)C(CCC(=O)O)NC(=O)OCC1c2ccccc2-c2ccccc21)OCCO. The van der Waals surface area contributed by atoms with Crippen molar-refractivity contribution >= 4 is 18.0 Å². The highest BCUT2D eigenvalue weighted by Crippen LogP contribution is 2.44. The van der Waals surface area contributed by atoms with Crippen molar-refractivity contribution in [3.63, 3.8) is 0 Å². The van der Waals surface area contributed by atoms with Gasteiger partial charge in [0.2, 0.25) is 5.91 Å². The minimum Gasteiger partial charge on any atom is -0.481 e. The maximum absolute atomic E-state index is 12.7. The molecule has 0 radical (unpaired) electrons. The second kappa shape index (κ2) is 11.8. The van der Waals surface area contributed by atoms with Gasteiger partial charge in [0, 0.05) is 18.9 Å². The van der Waals surface area contributed by atoms with E-state index in [4.69, 9.17) is 19.7 Å². The number of ether oxygens (including phenoxy) is 2. The molecule has 0 bridgehead atoms. The van der Waals surface area contributed by atoms with Crippen LogP contribution >= 0.6 is 0 Å². The molecular formula is C26H32N2O7. The fourth-order valence-corrected chi connectivity index (χ4v) is 4.12. The van der Waals surface area contributed by atoms with Crippen LogP contribution in [0.4, 0.5) is 4.79 Å². The summed E-state index contributed by atoms with van der Waals surface area (Å²) in [7, 11) is 0. The summed E-state index contributed by atoms with van der Waals surface area (Å²) in [4.78, 5) is 36.4. The highest BCUT2D eigenvalue weighted by molar-refractivity contribution is 5.86. The van der Waals surface area contributed by atoms with Crippen LogP contribution < -0.4 is 10.6 Å². The van der Waals surface area contributed by atoms with E-state index < -0.39 is 29.6 Å². The number of aliphatic hydroxyl groups is 1. The third-order valence-electron chi connectivity index (χ3n) is 5.87. The van der Waals surface area contributed by atoms with E-state index in [0.29, 0.717) is 0 Å². The van der Waals surface area contributed by atoms with Gasteiger partial charge < -0.3 is 30.3 Å². The number of amides is 2. The Morgan fingerprint density at radius 3 is 2.20 bits per heavy atom. The van der Waals surface area contributed by atoms with E-state index in [1.165, 1.54) is 0 Å².